The highest BCUT2D eigenvalue weighted by Crippen LogP contribution is 2.20. The van der Waals surface area contributed by atoms with Crippen LogP contribution in [-0.2, 0) is 4.79 Å². The fourth-order valence-corrected chi connectivity index (χ4v) is 2.59. The van der Waals surface area contributed by atoms with Crippen molar-refractivity contribution in [2.75, 3.05) is 0 Å². The van der Waals surface area contributed by atoms with Gasteiger partial charge >= 0.3 is 0 Å². The molecule has 0 aliphatic heterocycles. The summed E-state index contributed by atoms with van der Waals surface area (Å²) in [5.41, 5.74) is 8.55. The third-order valence-electron chi connectivity index (χ3n) is 4.50. The van der Waals surface area contributed by atoms with Crippen LogP contribution in [0.4, 0.5) is 4.39 Å². The third kappa shape index (κ3) is 4.80. The van der Waals surface area contributed by atoms with Gasteiger partial charge in [0.1, 0.15) is 5.82 Å². The summed E-state index contributed by atoms with van der Waals surface area (Å²) in [6.07, 6.45) is 2.57. The second-order valence-electron chi connectivity index (χ2n) is 6.22. The number of nitrogens with zero attached hydrogens (tertiary/aromatic N) is 2. The van der Waals surface area contributed by atoms with Crippen LogP contribution in [0.15, 0.2) is 30.5 Å². The van der Waals surface area contributed by atoms with Gasteiger partial charge in [0, 0.05) is 11.3 Å². The van der Waals surface area contributed by atoms with E-state index < -0.39 is 6.04 Å². The Kier molecular flexibility index (Phi) is 7.58. The lowest BCUT2D eigenvalue weighted by Crippen LogP contribution is -2.45. The van der Waals surface area contributed by atoms with Crippen molar-refractivity contribution in [1.29, 1.82) is 0 Å². The summed E-state index contributed by atoms with van der Waals surface area (Å²) in [5.74, 6) is -0.325. The number of carbonyl (C=O) groups is 1. The zero-order valence-electron chi connectivity index (χ0n) is 15.0. The molecule has 7 heteroatoms. The zero-order valence-corrected chi connectivity index (χ0v) is 15.8. The number of benzene rings is 1. The molecule has 3 N–H and O–H groups in total. The first kappa shape index (κ1) is 21.1. The topological polar surface area (TPSA) is 72.9 Å². The monoisotopic (exact) mass is 368 g/mol. The van der Waals surface area contributed by atoms with Crippen molar-refractivity contribution in [3.63, 3.8) is 0 Å². The van der Waals surface area contributed by atoms with Crippen LogP contribution in [0.3, 0.4) is 0 Å². The van der Waals surface area contributed by atoms with Gasteiger partial charge in [-0.3, -0.25) is 4.79 Å². The fraction of sp³-hybridized carbons (Fsp3) is 0.444. The number of hydrogen-bond acceptors (Lipinski definition) is 3. The van der Waals surface area contributed by atoms with E-state index in [0.717, 1.165) is 23.4 Å². The van der Waals surface area contributed by atoms with E-state index in [4.69, 9.17) is 5.73 Å². The Labute approximate surface area is 154 Å². The summed E-state index contributed by atoms with van der Waals surface area (Å²) in [4.78, 5) is 12.2. The predicted octanol–water partition coefficient (Wildman–Crippen LogP) is 3.29. The van der Waals surface area contributed by atoms with E-state index in [1.54, 1.807) is 23.0 Å². The fourth-order valence-electron chi connectivity index (χ4n) is 2.59. The van der Waals surface area contributed by atoms with Crippen LogP contribution in [0.1, 0.15) is 44.5 Å². The number of hydrogen-bond donors (Lipinski definition) is 2. The molecule has 0 bridgehead atoms. The second kappa shape index (κ2) is 8.97. The van der Waals surface area contributed by atoms with Gasteiger partial charge in [0.05, 0.1) is 24.0 Å². The molecule has 2 aromatic rings. The van der Waals surface area contributed by atoms with Crippen molar-refractivity contribution in [3.05, 3.63) is 47.5 Å². The Hall–Kier alpha value is -1.92. The molecule has 0 aliphatic rings. The van der Waals surface area contributed by atoms with Crippen molar-refractivity contribution >= 4 is 18.3 Å². The quantitative estimate of drug-likeness (QED) is 0.821. The lowest BCUT2D eigenvalue weighted by molar-refractivity contribution is -0.124. The van der Waals surface area contributed by atoms with Crippen LogP contribution < -0.4 is 11.1 Å². The molecule has 0 radical (unpaired) electrons. The number of nitrogens with one attached hydrogen (secondary N) is 1. The minimum atomic E-state index is -0.523. The summed E-state index contributed by atoms with van der Waals surface area (Å²) < 4.78 is 14.8. The van der Waals surface area contributed by atoms with E-state index in [-0.39, 0.29) is 36.1 Å². The lowest BCUT2D eigenvalue weighted by atomic mass is 9.99. The molecule has 0 spiro atoms. The molecule has 5 nitrogen and oxygen atoms in total. The average molecular weight is 369 g/mol. The molecule has 25 heavy (non-hydrogen) atoms. The zero-order chi connectivity index (χ0) is 17.9. The van der Waals surface area contributed by atoms with Gasteiger partial charge in [0.2, 0.25) is 5.91 Å². The van der Waals surface area contributed by atoms with E-state index in [1.165, 1.54) is 12.1 Å². The Morgan fingerprint density at radius 1 is 1.32 bits per heavy atom. The molecule has 2 rings (SSSR count). The van der Waals surface area contributed by atoms with Crippen molar-refractivity contribution in [3.8, 4) is 5.69 Å². The molecule has 1 heterocycles. The summed E-state index contributed by atoms with van der Waals surface area (Å²) >= 11 is 0. The van der Waals surface area contributed by atoms with Crippen LogP contribution in [0.5, 0.6) is 0 Å². The largest absolute Gasteiger partial charge is 0.348 e. The molecule has 3 unspecified atom stereocenters. The smallest absolute Gasteiger partial charge is 0.237 e. The number of amides is 1. The average Bonchev–Trinajstić information content (AvgIpc) is 2.95. The number of nitrogens with two attached hydrogens (primary N) is 1. The van der Waals surface area contributed by atoms with Gasteiger partial charge in [0.15, 0.2) is 0 Å². The van der Waals surface area contributed by atoms with Gasteiger partial charge in [-0.05, 0) is 44.0 Å². The number of carbonyl (C=O) groups excluding carboxylic acids is 1. The number of halogens is 2. The van der Waals surface area contributed by atoms with Crippen LogP contribution >= 0.6 is 12.4 Å². The molecule has 3 atom stereocenters. The van der Waals surface area contributed by atoms with Crippen LogP contribution in [0.25, 0.3) is 5.69 Å². The molecule has 1 aromatic carbocycles. The third-order valence-corrected chi connectivity index (χ3v) is 4.50. The van der Waals surface area contributed by atoms with E-state index in [0.29, 0.717) is 0 Å². The predicted molar refractivity (Wildman–Crippen MR) is 99.5 cm³/mol. The molecule has 0 aliphatic carbocycles. The lowest BCUT2D eigenvalue weighted by Gasteiger charge is -2.21. The van der Waals surface area contributed by atoms with E-state index >= 15 is 0 Å². The summed E-state index contributed by atoms with van der Waals surface area (Å²) in [6, 6.07) is 5.40. The first-order chi connectivity index (χ1) is 11.3. The molecule has 1 aromatic heterocycles. The molecular formula is C18H26ClFN4O. The van der Waals surface area contributed by atoms with Gasteiger partial charge in [-0.2, -0.15) is 5.10 Å². The highest BCUT2D eigenvalue weighted by molar-refractivity contribution is 5.85. The first-order valence-electron chi connectivity index (χ1n) is 8.21. The molecule has 138 valence electrons. The summed E-state index contributed by atoms with van der Waals surface area (Å²) in [5, 5.41) is 7.30. The number of rotatable bonds is 6. The Balaban J connectivity index is 0.00000312. The van der Waals surface area contributed by atoms with Crippen LogP contribution in [0.2, 0.25) is 0 Å². The maximum Gasteiger partial charge on any atom is 0.237 e. The van der Waals surface area contributed by atoms with Crippen molar-refractivity contribution in [2.24, 2.45) is 11.7 Å². The van der Waals surface area contributed by atoms with Crippen molar-refractivity contribution < 1.29 is 9.18 Å². The molecular weight excluding hydrogens is 343 g/mol. The van der Waals surface area contributed by atoms with Gasteiger partial charge < -0.3 is 11.1 Å². The van der Waals surface area contributed by atoms with Crippen molar-refractivity contribution in [2.45, 2.75) is 46.2 Å². The summed E-state index contributed by atoms with van der Waals surface area (Å²) in [6.45, 7) is 7.80. The standard InChI is InChI=1S/C18H25FN4O.ClH/c1-5-11(2)17(20)18(24)22-12(3)16-10-21-23(13(16)4)15-8-6-14(19)7-9-15;/h6-12,17H,5,20H2,1-4H3,(H,22,24);1H. The summed E-state index contributed by atoms with van der Waals surface area (Å²) in [7, 11) is 0. The van der Waals surface area contributed by atoms with E-state index in [2.05, 4.69) is 10.4 Å². The van der Waals surface area contributed by atoms with E-state index in [9.17, 15) is 9.18 Å². The maximum absolute atomic E-state index is 13.1. The first-order valence-corrected chi connectivity index (χ1v) is 8.21. The minimum Gasteiger partial charge on any atom is -0.348 e. The Bertz CT molecular complexity index is 702. The van der Waals surface area contributed by atoms with Gasteiger partial charge in [-0.25, -0.2) is 9.07 Å². The maximum atomic E-state index is 13.1. The second-order valence-corrected chi connectivity index (χ2v) is 6.22. The minimum absolute atomic E-state index is 0. The van der Waals surface area contributed by atoms with Crippen molar-refractivity contribution in [1.82, 2.24) is 15.1 Å². The highest BCUT2D eigenvalue weighted by Gasteiger charge is 2.23. The molecule has 0 saturated heterocycles. The molecule has 0 fully saturated rings. The highest BCUT2D eigenvalue weighted by atomic mass is 35.5. The number of aromatic nitrogens is 2. The van der Waals surface area contributed by atoms with Gasteiger partial charge in [0.25, 0.3) is 0 Å². The Morgan fingerprint density at radius 2 is 1.92 bits per heavy atom. The van der Waals surface area contributed by atoms with E-state index in [1.807, 2.05) is 27.7 Å². The normalized spacial score (nSPS) is 14.3. The van der Waals surface area contributed by atoms with Crippen LogP contribution in [0, 0.1) is 18.7 Å². The SMILES string of the molecule is CCC(C)C(N)C(=O)NC(C)c1cnn(-c2ccc(F)cc2)c1C.Cl. The molecule has 1 amide bonds. The van der Waals surface area contributed by atoms with Crippen LogP contribution in [-0.4, -0.2) is 21.7 Å². The molecule has 0 saturated carbocycles. The van der Waals surface area contributed by atoms with Gasteiger partial charge in [-0.15, -0.1) is 12.4 Å². The Morgan fingerprint density at radius 3 is 2.48 bits per heavy atom. The van der Waals surface area contributed by atoms with Gasteiger partial charge in [-0.1, -0.05) is 20.3 Å².